The van der Waals surface area contributed by atoms with Crippen molar-refractivity contribution in [3.8, 4) is 0 Å². The molecule has 1 amide bonds. The SMILES string of the molecule is Cc1cccc(NC(=O)C(Cl)Cl)c1C. The van der Waals surface area contributed by atoms with Crippen LogP contribution in [0, 0.1) is 13.8 Å². The molecule has 76 valence electrons. The number of hydrogen-bond acceptors (Lipinski definition) is 1. The Balaban J connectivity index is 2.87. The van der Waals surface area contributed by atoms with E-state index in [0.29, 0.717) is 0 Å². The Labute approximate surface area is 93.2 Å². The van der Waals surface area contributed by atoms with E-state index in [1.165, 1.54) is 0 Å². The molecule has 2 nitrogen and oxygen atoms in total. The van der Waals surface area contributed by atoms with Gasteiger partial charge in [-0.2, -0.15) is 0 Å². The Morgan fingerprint density at radius 3 is 2.57 bits per heavy atom. The van der Waals surface area contributed by atoms with Gasteiger partial charge < -0.3 is 5.32 Å². The van der Waals surface area contributed by atoms with E-state index in [1.807, 2.05) is 32.0 Å². The quantitative estimate of drug-likeness (QED) is 0.780. The molecule has 0 unspecified atom stereocenters. The van der Waals surface area contributed by atoms with Crippen LogP contribution in [0.2, 0.25) is 0 Å². The smallest absolute Gasteiger partial charge is 0.257 e. The molecule has 0 aliphatic heterocycles. The predicted octanol–water partition coefficient (Wildman–Crippen LogP) is 3.05. The number of carbonyl (C=O) groups is 1. The Bertz CT molecular complexity index is 350. The number of aryl methyl sites for hydroxylation is 1. The van der Waals surface area contributed by atoms with Crippen LogP contribution in [0.3, 0.4) is 0 Å². The Hall–Kier alpha value is -0.730. The highest BCUT2D eigenvalue weighted by molar-refractivity contribution is 6.54. The number of anilines is 1. The molecule has 0 spiro atoms. The normalized spacial score (nSPS) is 10.4. The second kappa shape index (κ2) is 4.67. The van der Waals surface area contributed by atoms with Crippen LogP contribution in [-0.2, 0) is 4.79 Å². The van der Waals surface area contributed by atoms with E-state index in [2.05, 4.69) is 5.32 Å². The molecule has 0 saturated carbocycles. The lowest BCUT2D eigenvalue weighted by Crippen LogP contribution is -2.19. The van der Waals surface area contributed by atoms with Crippen molar-refractivity contribution in [1.29, 1.82) is 0 Å². The molecule has 1 N–H and O–H groups in total. The number of nitrogens with one attached hydrogen (secondary N) is 1. The maximum absolute atomic E-state index is 11.2. The molecule has 0 bridgehead atoms. The molecular formula is C10H11Cl2NO. The predicted molar refractivity (Wildman–Crippen MR) is 60.0 cm³/mol. The van der Waals surface area contributed by atoms with Gasteiger partial charge in [0.05, 0.1) is 0 Å². The fourth-order valence-electron chi connectivity index (χ4n) is 1.07. The summed E-state index contributed by atoms with van der Waals surface area (Å²) in [7, 11) is 0. The first-order valence-electron chi connectivity index (χ1n) is 4.17. The lowest BCUT2D eigenvalue weighted by molar-refractivity contribution is -0.114. The molecule has 0 radical (unpaired) electrons. The van der Waals surface area contributed by atoms with Crippen LogP contribution in [0.1, 0.15) is 11.1 Å². The van der Waals surface area contributed by atoms with E-state index in [1.54, 1.807) is 0 Å². The largest absolute Gasteiger partial charge is 0.323 e. The monoisotopic (exact) mass is 231 g/mol. The summed E-state index contributed by atoms with van der Waals surface area (Å²) in [4.78, 5) is 10.2. The van der Waals surface area contributed by atoms with Gasteiger partial charge in [-0.3, -0.25) is 4.79 Å². The van der Waals surface area contributed by atoms with Gasteiger partial charge in [-0.25, -0.2) is 0 Å². The molecule has 0 aliphatic rings. The third kappa shape index (κ3) is 2.63. The molecule has 14 heavy (non-hydrogen) atoms. The lowest BCUT2D eigenvalue weighted by Gasteiger charge is -2.10. The van der Waals surface area contributed by atoms with Gasteiger partial charge >= 0.3 is 0 Å². The first kappa shape index (κ1) is 11.3. The molecule has 0 saturated heterocycles. The molecule has 0 heterocycles. The van der Waals surface area contributed by atoms with Gasteiger partial charge in [-0.1, -0.05) is 35.3 Å². The summed E-state index contributed by atoms with van der Waals surface area (Å²) in [5.74, 6) is -0.401. The fourth-order valence-corrected chi connectivity index (χ4v) is 1.18. The van der Waals surface area contributed by atoms with Gasteiger partial charge in [0.1, 0.15) is 0 Å². The minimum atomic E-state index is -1.03. The van der Waals surface area contributed by atoms with Crippen molar-refractivity contribution >= 4 is 34.8 Å². The average Bonchev–Trinajstić information content (AvgIpc) is 2.12. The van der Waals surface area contributed by atoms with Gasteiger partial charge in [0.25, 0.3) is 5.91 Å². The van der Waals surface area contributed by atoms with Crippen molar-refractivity contribution in [2.75, 3.05) is 5.32 Å². The number of amides is 1. The summed E-state index contributed by atoms with van der Waals surface area (Å²) in [6.07, 6.45) is 0. The van der Waals surface area contributed by atoms with E-state index < -0.39 is 10.7 Å². The molecule has 1 rings (SSSR count). The molecule has 0 aliphatic carbocycles. The summed E-state index contributed by atoms with van der Waals surface area (Å²) in [5, 5.41) is 2.65. The van der Waals surface area contributed by atoms with E-state index >= 15 is 0 Å². The van der Waals surface area contributed by atoms with Crippen molar-refractivity contribution in [2.45, 2.75) is 18.7 Å². The van der Waals surface area contributed by atoms with Crippen LogP contribution in [0.15, 0.2) is 18.2 Å². The zero-order chi connectivity index (χ0) is 10.7. The molecular weight excluding hydrogens is 221 g/mol. The molecule has 0 atom stereocenters. The highest BCUT2D eigenvalue weighted by Gasteiger charge is 2.12. The summed E-state index contributed by atoms with van der Waals surface area (Å²) in [6, 6.07) is 5.66. The number of halogens is 2. The maximum atomic E-state index is 11.2. The lowest BCUT2D eigenvalue weighted by atomic mass is 10.1. The molecule has 1 aromatic carbocycles. The van der Waals surface area contributed by atoms with Gasteiger partial charge in [-0.05, 0) is 31.0 Å². The Morgan fingerprint density at radius 2 is 2.00 bits per heavy atom. The number of alkyl halides is 2. The van der Waals surface area contributed by atoms with Gasteiger partial charge in [0, 0.05) is 5.69 Å². The van der Waals surface area contributed by atoms with E-state index in [0.717, 1.165) is 16.8 Å². The number of hydrogen-bond donors (Lipinski definition) is 1. The summed E-state index contributed by atoms with van der Waals surface area (Å²) in [6.45, 7) is 3.91. The Morgan fingerprint density at radius 1 is 1.36 bits per heavy atom. The summed E-state index contributed by atoms with van der Waals surface area (Å²) >= 11 is 10.8. The molecule has 4 heteroatoms. The van der Waals surface area contributed by atoms with E-state index in [4.69, 9.17) is 23.2 Å². The zero-order valence-corrected chi connectivity index (χ0v) is 9.49. The van der Waals surface area contributed by atoms with Crippen molar-refractivity contribution in [2.24, 2.45) is 0 Å². The standard InChI is InChI=1S/C10H11Cl2NO/c1-6-4-3-5-8(7(6)2)13-10(14)9(11)12/h3-5,9H,1-2H3,(H,13,14). The van der Waals surface area contributed by atoms with Crippen LogP contribution < -0.4 is 5.32 Å². The average molecular weight is 232 g/mol. The molecule has 0 fully saturated rings. The number of rotatable bonds is 2. The third-order valence-electron chi connectivity index (χ3n) is 2.06. The summed E-state index contributed by atoms with van der Waals surface area (Å²) in [5.41, 5.74) is 2.89. The topological polar surface area (TPSA) is 29.1 Å². The van der Waals surface area contributed by atoms with Crippen LogP contribution in [0.25, 0.3) is 0 Å². The fraction of sp³-hybridized carbons (Fsp3) is 0.300. The van der Waals surface area contributed by atoms with Crippen LogP contribution in [0.4, 0.5) is 5.69 Å². The zero-order valence-electron chi connectivity index (χ0n) is 7.97. The van der Waals surface area contributed by atoms with E-state index in [-0.39, 0.29) is 0 Å². The van der Waals surface area contributed by atoms with Crippen molar-refractivity contribution in [1.82, 2.24) is 0 Å². The minimum absolute atomic E-state index is 0.401. The first-order chi connectivity index (χ1) is 6.52. The van der Waals surface area contributed by atoms with Crippen molar-refractivity contribution < 1.29 is 4.79 Å². The highest BCUT2D eigenvalue weighted by Crippen LogP contribution is 2.18. The van der Waals surface area contributed by atoms with Gasteiger partial charge in [0.15, 0.2) is 4.84 Å². The number of carbonyl (C=O) groups excluding carboxylic acids is 1. The maximum Gasteiger partial charge on any atom is 0.257 e. The second-order valence-corrected chi connectivity index (χ2v) is 4.13. The molecule has 1 aromatic rings. The number of benzene rings is 1. The van der Waals surface area contributed by atoms with Crippen molar-refractivity contribution in [3.05, 3.63) is 29.3 Å². The molecule has 0 aromatic heterocycles. The minimum Gasteiger partial charge on any atom is -0.323 e. The highest BCUT2D eigenvalue weighted by atomic mass is 35.5. The van der Waals surface area contributed by atoms with Crippen LogP contribution in [0.5, 0.6) is 0 Å². The van der Waals surface area contributed by atoms with Crippen molar-refractivity contribution in [3.63, 3.8) is 0 Å². The van der Waals surface area contributed by atoms with Gasteiger partial charge in [0.2, 0.25) is 0 Å². The Kier molecular flexibility index (Phi) is 3.78. The van der Waals surface area contributed by atoms with Crippen LogP contribution >= 0.6 is 23.2 Å². The van der Waals surface area contributed by atoms with E-state index in [9.17, 15) is 4.79 Å². The third-order valence-corrected chi connectivity index (χ3v) is 2.46. The van der Waals surface area contributed by atoms with Crippen LogP contribution in [-0.4, -0.2) is 10.7 Å². The second-order valence-electron chi connectivity index (χ2n) is 3.04. The van der Waals surface area contributed by atoms with Gasteiger partial charge in [-0.15, -0.1) is 0 Å². The first-order valence-corrected chi connectivity index (χ1v) is 5.05. The summed E-state index contributed by atoms with van der Waals surface area (Å²) < 4.78 is 0.